The summed E-state index contributed by atoms with van der Waals surface area (Å²) in [6.07, 6.45) is 0. The number of nitrogens with zero attached hydrogens (tertiary/aromatic N) is 1. The van der Waals surface area contributed by atoms with Crippen molar-refractivity contribution in [3.63, 3.8) is 0 Å². The largest absolute Gasteiger partial charge is 0.457 e. The van der Waals surface area contributed by atoms with Gasteiger partial charge in [-0.1, -0.05) is 18.2 Å². The van der Waals surface area contributed by atoms with Gasteiger partial charge in [0.25, 0.3) is 0 Å². The molecule has 18 heavy (non-hydrogen) atoms. The van der Waals surface area contributed by atoms with Crippen LogP contribution >= 0.6 is 0 Å². The fourth-order valence-electron chi connectivity index (χ4n) is 1.72. The third-order valence-corrected chi connectivity index (χ3v) is 2.65. The Morgan fingerprint density at radius 1 is 0.944 bits per heavy atom. The van der Waals surface area contributed by atoms with E-state index in [4.69, 9.17) is 4.74 Å². The van der Waals surface area contributed by atoms with E-state index in [1.165, 1.54) is 0 Å². The highest BCUT2D eigenvalue weighted by molar-refractivity contribution is 5.48. The number of anilines is 1. The predicted octanol–water partition coefficient (Wildman–Crippen LogP) is 3.09. The number of hydrogen-bond donors (Lipinski definition) is 1. The molecule has 0 aromatic heterocycles. The predicted molar refractivity (Wildman–Crippen MR) is 75.3 cm³/mol. The van der Waals surface area contributed by atoms with Crippen LogP contribution in [0.25, 0.3) is 0 Å². The first-order chi connectivity index (χ1) is 8.79. The van der Waals surface area contributed by atoms with Crippen LogP contribution in [0.15, 0.2) is 54.6 Å². The zero-order valence-electron chi connectivity index (χ0n) is 10.8. The lowest BCUT2D eigenvalue weighted by atomic mass is 10.3. The molecule has 0 spiro atoms. The van der Waals surface area contributed by atoms with Crippen molar-refractivity contribution in [2.75, 3.05) is 25.7 Å². The number of benzene rings is 2. The minimum absolute atomic E-state index is 0.818. The molecule has 2 aromatic rings. The van der Waals surface area contributed by atoms with Gasteiger partial charge in [-0.15, -0.1) is 0 Å². The molecule has 3 nitrogen and oxygen atoms in total. The van der Waals surface area contributed by atoms with Crippen LogP contribution in [-0.2, 0) is 0 Å². The Hall–Kier alpha value is -2.00. The van der Waals surface area contributed by atoms with Gasteiger partial charge in [0.05, 0.1) is 6.67 Å². The van der Waals surface area contributed by atoms with Crippen LogP contribution in [0, 0.1) is 0 Å². The van der Waals surface area contributed by atoms with Crippen molar-refractivity contribution in [2.45, 2.75) is 0 Å². The van der Waals surface area contributed by atoms with Crippen LogP contribution in [0.2, 0.25) is 0 Å². The molecule has 3 heteroatoms. The fourth-order valence-corrected chi connectivity index (χ4v) is 1.72. The van der Waals surface area contributed by atoms with E-state index in [0.29, 0.717) is 0 Å². The van der Waals surface area contributed by atoms with Gasteiger partial charge in [0.2, 0.25) is 0 Å². The average Bonchev–Trinajstić information content (AvgIpc) is 2.41. The number of ether oxygens (including phenoxy) is 1. The van der Waals surface area contributed by atoms with E-state index in [2.05, 4.69) is 22.3 Å². The molecule has 2 rings (SSSR count). The van der Waals surface area contributed by atoms with Crippen molar-refractivity contribution in [1.82, 2.24) is 5.32 Å². The molecule has 0 amide bonds. The molecule has 0 saturated heterocycles. The molecule has 94 valence electrons. The van der Waals surface area contributed by atoms with Crippen LogP contribution in [0.4, 0.5) is 5.69 Å². The summed E-state index contributed by atoms with van der Waals surface area (Å²) in [5.74, 6) is 1.71. The van der Waals surface area contributed by atoms with Crippen molar-refractivity contribution < 1.29 is 4.74 Å². The van der Waals surface area contributed by atoms with Crippen molar-refractivity contribution >= 4 is 5.69 Å². The summed E-state index contributed by atoms with van der Waals surface area (Å²) in [6.45, 7) is 0.818. The third-order valence-electron chi connectivity index (χ3n) is 2.65. The first-order valence-electron chi connectivity index (χ1n) is 5.98. The summed E-state index contributed by atoms with van der Waals surface area (Å²) < 4.78 is 5.74. The maximum atomic E-state index is 5.74. The molecular weight excluding hydrogens is 224 g/mol. The highest BCUT2D eigenvalue weighted by atomic mass is 16.5. The molecule has 0 bridgehead atoms. The van der Waals surface area contributed by atoms with Gasteiger partial charge >= 0.3 is 0 Å². The van der Waals surface area contributed by atoms with Crippen LogP contribution in [-0.4, -0.2) is 20.8 Å². The normalized spacial score (nSPS) is 10.1. The van der Waals surface area contributed by atoms with Gasteiger partial charge in [0, 0.05) is 12.7 Å². The van der Waals surface area contributed by atoms with E-state index in [-0.39, 0.29) is 0 Å². The lowest BCUT2D eigenvalue weighted by Gasteiger charge is -2.18. The molecule has 0 unspecified atom stereocenters. The van der Waals surface area contributed by atoms with Crippen LogP contribution in [0.1, 0.15) is 0 Å². The number of para-hydroxylation sites is 1. The van der Waals surface area contributed by atoms with E-state index in [1.807, 2.05) is 56.6 Å². The molecule has 0 radical (unpaired) electrons. The molecule has 0 aliphatic rings. The summed E-state index contributed by atoms with van der Waals surface area (Å²) in [4.78, 5) is 2.13. The number of rotatable bonds is 5. The van der Waals surface area contributed by atoms with E-state index in [9.17, 15) is 0 Å². The monoisotopic (exact) mass is 242 g/mol. The molecule has 2 aromatic carbocycles. The highest BCUT2D eigenvalue weighted by Gasteiger charge is 2.00. The van der Waals surface area contributed by atoms with Crippen LogP contribution in [0.5, 0.6) is 11.5 Å². The molecule has 0 aliphatic heterocycles. The first-order valence-corrected chi connectivity index (χ1v) is 5.98. The molecule has 0 fully saturated rings. The summed E-state index contributed by atoms with van der Waals surface area (Å²) in [5.41, 5.74) is 1.16. The summed E-state index contributed by atoms with van der Waals surface area (Å²) in [7, 11) is 3.98. The van der Waals surface area contributed by atoms with E-state index >= 15 is 0 Å². The second kappa shape index (κ2) is 6.07. The highest BCUT2D eigenvalue weighted by Crippen LogP contribution is 2.23. The number of nitrogens with one attached hydrogen (secondary N) is 1. The van der Waals surface area contributed by atoms with Crippen LogP contribution < -0.4 is 15.0 Å². The van der Waals surface area contributed by atoms with Gasteiger partial charge in [-0.2, -0.15) is 0 Å². The zero-order chi connectivity index (χ0) is 12.8. The molecule has 0 aliphatic carbocycles. The molecule has 0 heterocycles. The summed E-state index contributed by atoms with van der Waals surface area (Å²) in [6, 6.07) is 17.9. The van der Waals surface area contributed by atoms with Gasteiger partial charge in [-0.3, -0.25) is 0 Å². The Kier molecular flexibility index (Phi) is 4.20. The zero-order valence-corrected chi connectivity index (χ0v) is 10.8. The smallest absolute Gasteiger partial charge is 0.127 e. The van der Waals surface area contributed by atoms with Gasteiger partial charge in [-0.25, -0.2) is 0 Å². The Morgan fingerprint density at radius 3 is 2.17 bits per heavy atom. The fraction of sp³-hybridized carbons (Fsp3) is 0.200. The summed E-state index contributed by atoms with van der Waals surface area (Å²) in [5, 5.41) is 3.12. The minimum atomic E-state index is 0.818. The standard InChI is InChI=1S/C15H18N2O/c1-16-12-17(2)13-8-10-15(11-9-13)18-14-6-4-3-5-7-14/h3-11,16H,12H2,1-2H3. The Balaban J connectivity index is 2.04. The van der Waals surface area contributed by atoms with Crippen molar-refractivity contribution in [1.29, 1.82) is 0 Å². The van der Waals surface area contributed by atoms with Gasteiger partial charge < -0.3 is 15.0 Å². The average molecular weight is 242 g/mol. The van der Waals surface area contributed by atoms with E-state index < -0.39 is 0 Å². The topological polar surface area (TPSA) is 24.5 Å². The lowest BCUT2D eigenvalue weighted by molar-refractivity contribution is 0.482. The lowest BCUT2D eigenvalue weighted by Crippen LogP contribution is -2.28. The SMILES string of the molecule is CNCN(C)c1ccc(Oc2ccccc2)cc1. The minimum Gasteiger partial charge on any atom is -0.457 e. The maximum absolute atomic E-state index is 5.74. The van der Waals surface area contributed by atoms with Crippen molar-refractivity contribution in [3.8, 4) is 11.5 Å². The van der Waals surface area contributed by atoms with Crippen molar-refractivity contribution in [2.24, 2.45) is 0 Å². The number of hydrogen-bond acceptors (Lipinski definition) is 3. The first kappa shape index (κ1) is 12.5. The molecule has 1 N–H and O–H groups in total. The molecular formula is C15H18N2O. The Bertz CT molecular complexity index is 468. The quantitative estimate of drug-likeness (QED) is 0.815. The van der Waals surface area contributed by atoms with Crippen LogP contribution in [0.3, 0.4) is 0 Å². The van der Waals surface area contributed by atoms with E-state index in [0.717, 1.165) is 23.9 Å². The Morgan fingerprint density at radius 2 is 1.56 bits per heavy atom. The van der Waals surface area contributed by atoms with Gasteiger partial charge in [0.1, 0.15) is 11.5 Å². The van der Waals surface area contributed by atoms with Gasteiger partial charge in [0.15, 0.2) is 0 Å². The summed E-state index contributed by atoms with van der Waals surface area (Å²) >= 11 is 0. The maximum Gasteiger partial charge on any atom is 0.127 e. The molecule has 0 atom stereocenters. The van der Waals surface area contributed by atoms with E-state index in [1.54, 1.807) is 0 Å². The third kappa shape index (κ3) is 3.25. The van der Waals surface area contributed by atoms with Crippen molar-refractivity contribution in [3.05, 3.63) is 54.6 Å². The second-order valence-electron chi connectivity index (χ2n) is 4.12. The molecule has 0 saturated carbocycles. The van der Waals surface area contributed by atoms with Gasteiger partial charge in [-0.05, 0) is 43.4 Å². The Labute approximate surface area is 108 Å². The second-order valence-corrected chi connectivity index (χ2v) is 4.12.